The molecule has 11 nitrogen and oxygen atoms in total. The molecule has 1 saturated heterocycles. The normalized spacial score (nSPS) is 19.0. The summed E-state index contributed by atoms with van der Waals surface area (Å²) < 4.78 is 1.34. The van der Waals surface area contributed by atoms with Gasteiger partial charge >= 0.3 is 17.2 Å². The summed E-state index contributed by atoms with van der Waals surface area (Å²) >= 11 is 5.86. The van der Waals surface area contributed by atoms with Crippen LogP contribution in [0, 0.1) is 10.1 Å². The Morgan fingerprint density at radius 3 is 2.58 bits per heavy atom. The van der Waals surface area contributed by atoms with Crippen molar-refractivity contribution < 1.29 is 19.9 Å². The Morgan fingerprint density at radius 1 is 1.46 bits per heavy atom. The number of hydrogen-bond acceptors (Lipinski definition) is 7. The molecule has 1 aliphatic rings. The van der Waals surface area contributed by atoms with Crippen molar-refractivity contribution in [3.8, 4) is 0 Å². The first kappa shape index (κ1) is 18.4. The smallest absolute Gasteiger partial charge is 0.419 e. The van der Waals surface area contributed by atoms with Crippen molar-refractivity contribution in [1.29, 1.82) is 0 Å². The highest BCUT2D eigenvalue weighted by Crippen LogP contribution is 2.19. The van der Waals surface area contributed by atoms with Crippen molar-refractivity contribution in [3.63, 3.8) is 0 Å². The van der Waals surface area contributed by atoms with Crippen LogP contribution in [0.1, 0.15) is 6.92 Å². The zero-order chi connectivity index (χ0) is 17.9. The van der Waals surface area contributed by atoms with Gasteiger partial charge in [0, 0.05) is 32.7 Å². The second kappa shape index (κ2) is 7.30. The van der Waals surface area contributed by atoms with Gasteiger partial charge in [-0.1, -0.05) is 0 Å². The molecule has 1 fully saturated rings. The molecule has 0 radical (unpaired) electrons. The average molecular weight is 363 g/mol. The molecule has 2 rings (SSSR count). The highest BCUT2D eigenvalue weighted by Gasteiger charge is 2.30. The quantitative estimate of drug-likeness (QED) is 0.475. The number of imidazole rings is 1. The molecule has 1 unspecified atom stereocenters. The van der Waals surface area contributed by atoms with Gasteiger partial charge in [0.1, 0.15) is 6.20 Å². The van der Waals surface area contributed by atoms with Crippen LogP contribution in [0.2, 0.25) is 5.28 Å². The summed E-state index contributed by atoms with van der Waals surface area (Å²) in [6.45, 7) is 4.13. The molecule has 0 spiro atoms. The molecule has 1 atom stereocenters. The molecule has 24 heavy (non-hydrogen) atoms. The lowest BCUT2D eigenvalue weighted by Crippen LogP contribution is -2.56. The van der Waals surface area contributed by atoms with Crippen molar-refractivity contribution in [2.75, 3.05) is 32.7 Å². The van der Waals surface area contributed by atoms with Gasteiger partial charge in [0.25, 0.3) is 0 Å². The van der Waals surface area contributed by atoms with Crippen molar-refractivity contribution in [1.82, 2.24) is 24.9 Å². The van der Waals surface area contributed by atoms with Gasteiger partial charge in [-0.3, -0.25) is 14.9 Å². The summed E-state index contributed by atoms with van der Waals surface area (Å²) in [6, 6.07) is 0. The monoisotopic (exact) mass is 362 g/mol. The largest absolute Gasteiger partial charge is 0.464 e. The molecule has 2 heterocycles. The van der Waals surface area contributed by atoms with Crippen LogP contribution in [0.5, 0.6) is 0 Å². The van der Waals surface area contributed by atoms with Crippen molar-refractivity contribution >= 4 is 23.5 Å². The van der Waals surface area contributed by atoms with Gasteiger partial charge in [-0.2, -0.15) is 0 Å². The van der Waals surface area contributed by atoms with Crippen LogP contribution in [-0.2, 0) is 6.54 Å². The number of amides is 1. The summed E-state index contributed by atoms with van der Waals surface area (Å²) in [5.74, 6) is -0.371. The maximum absolute atomic E-state index is 10.7. The molecule has 3 N–H and O–H groups in total. The number of nitrogens with one attached hydrogen (secondary N) is 1. The maximum Gasteiger partial charge on any atom is 0.419 e. The van der Waals surface area contributed by atoms with E-state index < -0.39 is 16.6 Å². The Morgan fingerprint density at radius 2 is 2.08 bits per heavy atom. The highest BCUT2D eigenvalue weighted by molar-refractivity contribution is 6.28. The fourth-order valence-corrected chi connectivity index (χ4v) is 2.83. The van der Waals surface area contributed by atoms with E-state index in [-0.39, 0.29) is 17.6 Å². The molecule has 0 saturated carbocycles. The molecule has 12 heteroatoms. The minimum absolute atomic E-state index is 0.0558. The van der Waals surface area contributed by atoms with Crippen molar-refractivity contribution in [3.05, 3.63) is 21.6 Å². The van der Waals surface area contributed by atoms with Gasteiger partial charge in [-0.25, -0.2) is 9.80 Å². The van der Waals surface area contributed by atoms with Gasteiger partial charge in [-0.15, -0.1) is 0 Å². The molecule has 0 bridgehead atoms. The Kier molecular flexibility index (Phi) is 5.59. The number of nitro groups is 1. The predicted octanol–water partition coefficient (Wildman–Crippen LogP) is -0.00410. The van der Waals surface area contributed by atoms with Gasteiger partial charge < -0.3 is 20.3 Å². The lowest BCUT2D eigenvalue weighted by Gasteiger charge is -2.37. The summed E-state index contributed by atoms with van der Waals surface area (Å²) in [6.07, 6.45) is 0.0812. The lowest BCUT2D eigenvalue weighted by atomic mass is 10.1. The van der Waals surface area contributed by atoms with Gasteiger partial charge in [-0.05, 0) is 28.4 Å². The van der Waals surface area contributed by atoms with E-state index in [1.807, 2.05) is 4.90 Å². The standard InChI is InChI=1S/C12H19ClN6O5/c1-12(22,8-17-6-9(19(23)24)14-10(17)13)7-16-2-4-18(5-3-16)15-11(20)21/h6,15,22H,2-5,7-8H2,1H3,(H,20,21). The molecule has 134 valence electrons. The number of rotatable bonds is 6. The van der Waals surface area contributed by atoms with Crippen LogP contribution in [-0.4, -0.2) is 79.0 Å². The molecule has 1 aromatic rings. The average Bonchev–Trinajstić information content (AvgIpc) is 2.81. The second-order valence-corrected chi connectivity index (χ2v) is 6.27. The number of carboxylic acid groups (broad SMARTS) is 1. The zero-order valence-electron chi connectivity index (χ0n) is 13.1. The number of nitrogens with zero attached hydrogens (tertiary/aromatic N) is 5. The van der Waals surface area contributed by atoms with Crippen molar-refractivity contribution in [2.24, 2.45) is 0 Å². The SMILES string of the molecule is CC(O)(CN1CCN(NC(=O)O)CC1)Cn1cc([N+](=O)[O-])nc1Cl. The second-order valence-electron chi connectivity index (χ2n) is 5.93. The third-order valence-corrected chi connectivity index (χ3v) is 3.91. The first-order valence-corrected chi connectivity index (χ1v) is 7.60. The molecule has 1 amide bonds. The Hall–Kier alpha value is -1.95. The zero-order valence-corrected chi connectivity index (χ0v) is 13.8. The van der Waals surface area contributed by atoms with Crippen LogP contribution in [0.4, 0.5) is 10.6 Å². The Bertz CT molecular complexity index is 613. The maximum atomic E-state index is 10.7. The van der Waals surface area contributed by atoms with E-state index >= 15 is 0 Å². The van der Waals surface area contributed by atoms with Crippen LogP contribution in [0.3, 0.4) is 0 Å². The third kappa shape index (κ3) is 5.03. The summed E-state index contributed by atoms with van der Waals surface area (Å²) in [5.41, 5.74) is 1.11. The number of halogens is 1. The van der Waals surface area contributed by atoms with E-state index in [4.69, 9.17) is 16.7 Å². The highest BCUT2D eigenvalue weighted by atomic mass is 35.5. The molecule has 1 aliphatic heterocycles. The number of piperazine rings is 1. The Labute approximate surface area is 142 Å². The van der Waals surface area contributed by atoms with E-state index in [9.17, 15) is 20.0 Å². The first-order valence-electron chi connectivity index (χ1n) is 7.22. The van der Waals surface area contributed by atoms with Crippen molar-refractivity contribution in [2.45, 2.75) is 19.1 Å². The lowest BCUT2D eigenvalue weighted by molar-refractivity contribution is -0.389. The van der Waals surface area contributed by atoms with E-state index in [0.717, 1.165) is 0 Å². The van der Waals surface area contributed by atoms with E-state index in [2.05, 4.69) is 10.4 Å². The molecular formula is C12H19ClN6O5. The summed E-state index contributed by atoms with van der Waals surface area (Å²) in [4.78, 5) is 26.2. The predicted molar refractivity (Wildman–Crippen MR) is 83.7 cm³/mol. The topological polar surface area (TPSA) is 137 Å². The van der Waals surface area contributed by atoms with E-state index in [1.165, 1.54) is 10.8 Å². The molecular weight excluding hydrogens is 344 g/mol. The van der Waals surface area contributed by atoms with E-state index in [1.54, 1.807) is 11.9 Å². The van der Waals surface area contributed by atoms with Crippen LogP contribution in [0.25, 0.3) is 0 Å². The van der Waals surface area contributed by atoms with Crippen LogP contribution >= 0.6 is 11.6 Å². The number of carbonyl (C=O) groups is 1. The fraction of sp³-hybridized carbons (Fsp3) is 0.667. The Balaban J connectivity index is 1.90. The number of hydrogen-bond donors (Lipinski definition) is 3. The summed E-state index contributed by atoms with van der Waals surface area (Å²) in [7, 11) is 0. The number of aliphatic hydroxyl groups is 1. The van der Waals surface area contributed by atoms with Gasteiger partial charge in [0.15, 0.2) is 0 Å². The van der Waals surface area contributed by atoms with Gasteiger partial charge in [0.2, 0.25) is 0 Å². The molecule has 0 aliphatic carbocycles. The molecule has 0 aromatic carbocycles. The molecule has 1 aromatic heterocycles. The minimum Gasteiger partial charge on any atom is -0.464 e. The third-order valence-electron chi connectivity index (χ3n) is 3.60. The van der Waals surface area contributed by atoms with Crippen LogP contribution in [0.15, 0.2) is 6.20 Å². The fourth-order valence-electron chi connectivity index (χ4n) is 2.63. The minimum atomic E-state index is -1.18. The number of β-amino-alcohol motifs (C(OH)–C–C–N with tert-alkyl or cyclic N) is 1. The van der Waals surface area contributed by atoms with Crippen LogP contribution < -0.4 is 5.43 Å². The number of hydrazine groups is 1. The van der Waals surface area contributed by atoms with E-state index in [0.29, 0.717) is 32.7 Å². The first-order chi connectivity index (χ1) is 11.2. The van der Waals surface area contributed by atoms with Gasteiger partial charge in [0.05, 0.1) is 12.1 Å². The summed E-state index contributed by atoms with van der Waals surface area (Å²) in [5, 5.41) is 31.5. The number of aromatic nitrogens is 2.